The summed E-state index contributed by atoms with van der Waals surface area (Å²) in [5.74, 6) is 0.633. The fourth-order valence-electron chi connectivity index (χ4n) is 1.20. The second kappa shape index (κ2) is 6.45. The highest BCUT2D eigenvalue weighted by Crippen LogP contribution is 2.34. The molecule has 0 aliphatic rings. The fraction of sp³-hybridized carbons (Fsp3) is 0.400. The molecule has 1 aromatic carbocycles. The first-order valence-electron chi connectivity index (χ1n) is 4.55. The summed E-state index contributed by atoms with van der Waals surface area (Å²) >= 11 is 6.76. The van der Waals surface area contributed by atoms with Gasteiger partial charge in [-0.15, -0.1) is 0 Å². The first-order chi connectivity index (χ1) is 7.19. The molecule has 0 radical (unpaired) electrons. The van der Waals surface area contributed by atoms with E-state index < -0.39 is 6.67 Å². The van der Waals surface area contributed by atoms with E-state index in [1.165, 1.54) is 0 Å². The third-order valence-electron chi connectivity index (χ3n) is 1.81. The Kier molecular flexibility index (Phi) is 5.56. The van der Waals surface area contributed by atoms with Gasteiger partial charge in [0.1, 0.15) is 19.0 Å². The van der Waals surface area contributed by atoms with Crippen LogP contribution < -0.4 is 10.5 Å². The van der Waals surface area contributed by atoms with Crippen LogP contribution in [-0.4, -0.2) is 19.8 Å². The smallest absolute Gasteiger partial charge is 0.147 e. The number of rotatable bonds is 5. The molecule has 0 unspecified atom stereocenters. The van der Waals surface area contributed by atoms with Gasteiger partial charge in [0.05, 0.1) is 8.95 Å². The fourth-order valence-corrected chi connectivity index (χ4v) is 2.71. The van der Waals surface area contributed by atoms with Crippen molar-refractivity contribution < 1.29 is 9.13 Å². The lowest BCUT2D eigenvalue weighted by atomic mass is 10.1. The highest BCUT2D eigenvalue weighted by Gasteiger charge is 2.08. The van der Waals surface area contributed by atoms with Gasteiger partial charge in [0.2, 0.25) is 0 Å². The minimum atomic E-state index is -0.497. The summed E-state index contributed by atoms with van der Waals surface area (Å²) in [6.45, 7) is 0.167. The molecule has 15 heavy (non-hydrogen) atoms. The number of halogens is 3. The number of hydrogen-bond acceptors (Lipinski definition) is 2. The van der Waals surface area contributed by atoms with Gasteiger partial charge in [-0.1, -0.05) is 0 Å². The summed E-state index contributed by atoms with van der Waals surface area (Å²) in [5, 5.41) is 0. The number of hydrogen-bond donors (Lipinski definition) is 1. The number of nitrogens with two attached hydrogens (primary N) is 1. The Morgan fingerprint density at radius 1 is 1.27 bits per heavy atom. The van der Waals surface area contributed by atoms with Crippen molar-refractivity contribution in [2.45, 2.75) is 6.42 Å². The van der Waals surface area contributed by atoms with Crippen molar-refractivity contribution >= 4 is 31.9 Å². The average molecular weight is 341 g/mol. The van der Waals surface area contributed by atoms with Crippen LogP contribution in [0.15, 0.2) is 21.1 Å². The largest absolute Gasteiger partial charge is 0.488 e. The molecule has 0 saturated heterocycles. The van der Waals surface area contributed by atoms with Crippen LogP contribution in [0.4, 0.5) is 4.39 Å². The zero-order valence-electron chi connectivity index (χ0n) is 8.10. The van der Waals surface area contributed by atoms with E-state index in [0.717, 1.165) is 20.9 Å². The van der Waals surface area contributed by atoms with E-state index >= 15 is 0 Å². The summed E-state index contributed by atoms with van der Waals surface area (Å²) in [6.07, 6.45) is 0.806. The topological polar surface area (TPSA) is 35.2 Å². The van der Waals surface area contributed by atoms with Crippen molar-refractivity contribution in [2.75, 3.05) is 19.8 Å². The molecule has 0 aliphatic heterocycles. The van der Waals surface area contributed by atoms with Gasteiger partial charge in [-0.2, -0.15) is 0 Å². The molecular formula is C10H12Br2FNO. The average Bonchev–Trinajstić information content (AvgIpc) is 2.17. The Labute approximate surface area is 105 Å². The van der Waals surface area contributed by atoms with Crippen LogP contribution >= 0.6 is 31.9 Å². The lowest BCUT2D eigenvalue weighted by molar-refractivity contribution is 0.270. The van der Waals surface area contributed by atoms with E-state index in [9.17, 15) is 4.39 Å². The third-order valence-corrected chi connectivity index (χ3v) is 2.99. The number of benzene rings is 1. The van der Waals surface area contributed by atoms with Gasteiger partial charge in [-0.3, -0.25) is 0 Å². The Bertz CT molecular complexity index is 310. The minimum Gasteiger partial charge on any atom is -0.488 e. The molecule has 0 aliphatic carbocycles. The molecule has 0 heterocycles. The lowest BCUT2D eigenvalue weighted by Gasteiger charge is -2.10. The van der Waals surface area contributed by atoms with Gasteiger partial charge < -0.3 is 10.5 Å². The van der Waals surface area contributed by atoms with Crippen LogP contribution in [0.3, 0.4) is 0 Å². The van der Waals surface area contributed by atoms with Crippen molar-refractivity contribution in [2.24, 2.45) is 5.73 Å². The maximum atomic E-state index is 12.0. The van der Waals surface area contributed by atoms with Gasteiger partial charge in [-0.05, 0) is 62.5 Å². The van der Waals surface area contributed by atoms with Crippen LogP contribution in [0.1, 0.15) is 5.56 Å². The molecule has 2 N–H and O–H groups in total. The van der Waals surface area contributed by atoms with E-state index in [-0.39, 0.29) is 6.61 Å². The van der Waals surface area contributed by atoms with Crippen LogP contribution in [0.2, 0.25) is 0 Å². The summed E-state index contributed by atoms with van der Waals surface area (Å²) in [6, 6.07) is 3.87. The van der Waals surface area contributed by atoms with E-state index in [1.807, 2.05) is 12.1 Å². The van der Waals surface area contributed by atoms with Crippen molar-refractivity contribution in [1.82, 2.24) is 0 Å². The van der Waals surface area contributed by atoms with E-state index in [1.54, 1.807) is 0 Å². The molecule has 2 nitrogen and oxygen atoms in total. The Morgan fingerprint density at radius 2 is 1.87 bits per heavy atom. The molecule has 0 spiro atoms. The molecule has 5 heteroatoms. The summed E-state index contributed by atoms with van der Waals surface area (Å²) in [7, 11) is 0. The monoisotopic (exact) mass is 339 g/mol. The maximum Gasteiger partial charge on any atom is 0.147 e. The molecule has 0 aromatic heterocycles. The van der Waals surface area contributed by atoms with Gasteiger partial charge >= 0.3 is 0 Å². The molecule has 0 saturated carbocycles. The molecular weight excluding hydrogens is 329 g/mol. The molecule has 0 fully saturated rings. The second-order valence-corrected chi connectivity index (χ2v) is 4.67. The normalized spacial score (nSPS) is 10.4. The molecule has 84 valence electrons. The number of alkyl halides is 1. The zero-order valence-corrected chi connectivity index (χ0v) is 11.3. The summed E-state index contributed by atoms with van der Waals surface area (Å²) < 4.78 is 18.8. The Balaban J connectivity index is 2.88. The van der Waals surface area contributed by atoms with Gasteiger partial charge in [0, 0.05) is 0 Å². The van der Waals surface area contributed by atoms with Crippen molar-refractivity contribution in [3.8, 4) is 5.75 Å². The quantitative estimate of drug-likeness (QED) is 0.894. The zero-order chi connectivity index (χ0) is 11.3. The second-order valence-electron chi connectivity index (χ2n) is 2.96. The highest BCUT2D eigenvalue weighted by atomic mass is 79.9. The SMILES string of the molecule is NCCc1cc(Br)c(OCCF)c(Br)c1. The van der Waals surface area contributed by atoms with Gasteiger partial charge in [0.15, 0.2) is 0 Å². The van der Waals surface area contributed by atoms with Crippen molar-refractivity contribution in [1.29, 1.82) is 0 Å². The summed E-state index contributed by atoms with van der Waals surface area (Å²) in [4.78, 5) is 0. The predicted octanol–water partition coefficient (Wildman–Crippen LogP) is 3.06. The van der Waals surface area contributed by atoms with Crippen LogP contribution in [0.5, 0.6) is 5.75 Å². The predicted molar refractivity (Wildman–Crippen MR) is 66.1 cm³/mol. The van der Waals surface area contributed by atoms with E-state index in [4.69, 9.17) is 10.5 Å². The maximum absolute atomic E-state index is 12.0. The Hall–Kier alpha value is -0.130. The van der Waals surface area contributed by atoms with Crippen molar-refractivity contribution in [3.05, 3.63) is 26.6 Å². The molecule has 0 atom stereocenters. The first kappa shape index (κ1) is 12.9. The molecule has 0 bridgehead atoms. The Morgan fingerprint density at radius 3 is 2.33 bits per heavy atom. The van der Waals surface area contributed by atoms with E-state index in [2.05, 4.69) is 31.9 Å². The van der Waals surface area contributed by atoms with Crippen molar-refractivity contribution in [3.63, 3.8) is 0 Å². The van der Waals surface area contributed by atoms with Gasteiger partial charge in [-0.25, -0.2) is 4.39 Å². The standard InChI is InChI=1S/C10H12Br2FNO/c11-8-5-7(1-3-14)6-9(12)10(8)15-4-2-13/h5-6H,1-4,14H2. The van der Waals surface area contributed by atoms with Gasteiger partial charge in [0.25, 0.3) is 0 Å². The summed E-state index contributed by atoms with van der Waals surface area (Å²) in [5.41, 5.74) is 6.58. The number of ether oxygens (including phenoxy) is 1. The third kappa shape index (κ3) is 3.74. The molecule has 0 amide bonds. The minimum absolute atomic E-state index is 0.0629. The van der Waals surface area contributed by atoms with Crippen LogP contribution in [-0.2, 0) is 6.42 Å². The van der Waals surface area contributed by atoms with Crippen LogP contribution in [0.25, 0.3) is 0 Å². The first-order valence-corrected chi connectivity index (χ1v) is 6.14. The highest BCUT2D eigenvalue weighted by molar-refractivity contribution is 9.11. The van der Waals surface area contributed by atoms with Crippen LogP contribution in [0, 0.1) is 0 Å². The van der Waals surface area contributed by atoms with E-state index in [0.29, 0.717) is 12.3 Å². The molecule has 1 rings (SSSR count). The lowest BCUT2D eigenvalue weighted by Crippen LogP contribution is -2.04. The molecule has 1 aromatic rings.